The van der Waals surface area contributed by atoms with Gasteiger partial charge in [0.15, 0.2) is 6.10 Å². The number of carbonyl (C=O) groups is 2. The first-order valence-electron chi connectivity index (χ1n) is 23.1. The van der Waals surface area contributed by atoms with E-state index in [4.69, 9.17) is 23.3 Å². The second-order valence-electron chi connectivity index (χ2n) is 16.4. The predicted octanol–water partition coefficient (Wildman–Crippen LogP) is 11.7. The monoisotopic (exact) mass is 872 g/mol. The number of quaternary nitrogens is 1. The van der Waals surface area contributed by atoms with Crippen molar-refractivity contribution in [2.45, 2.75) is 161 Å². The predicted molar refractivity (Wildman–Crippen MR) is 249 cm³/mol. The van der Waals surface area contributed by atoms with E-state index in [0.29, 0.717) is 36.1 Å². The molecular weight excluding hydrogens is 790 g/mol. The number of allylic oxidation sites excluding steroid dienone is 14. The van der Waals surface area contributed by atoms with Gasteiger partial charge in [-0.25, -0.2) is 0 Å². The summed E-state index contributed by atoms with van der Waals surface area (Å²) in [5, 5.41) is 0. The lowest BCUT2D eigenvalue weighted by Crippen LogP contribution is -2.37. The number of epoxide rings is 1. The van der Waals surface area contributed by atoms with Crippen LogP contribution in [0, 0.1) is 0 Å². The molecule has 0 aromatic rings. The molecule has 11 heteroatoms. The Hall–Kier alpha value is -3.11. The van der Waals surface area contributed by atoms with Crippen LogP contribution in [0.1, 0.15) is 142 Å². The lowest BCUT2D eigenvalue weighted by Gasteiger charge is -2.28. The van der Waals surface area contributed by atoms with Gasteiger partial charge in [0.05, 0.1) is 40.0 Å². The second-order valence-corrected chi connectivity index (χ2v) is 17.8. The van der Waals surface area contributed by atoms with Gasteiger partial charge < -0.3 is 32.6 Å². The number of hydrogen-bond acceptors (Lipinski definition) is 9. The van der Waals surface area contributed by atoms with Gasteiger partial charge in [-0.2, -0.15) is 0 Å². The molecule has 1 heterocycles. The Kier molecular flexibility index (Phi) is 34.3. The van der Waals surface area contributed by atoms with Crippen molar-refractivity contribution in [3.05, 3.63) is 97.2 Å². The maximum absolute atomic E-state index is 12.7. The summed E-state index contributed by atoms with van der Waals surface area (Å²) < 4.78 is 39.5. The summed E-state index contributed by atoms with van der Waals surface area (Å²) >= 11 is 0. The third kappa shape index (κ3) is 38.3. The molecule has 4 atom stereocenters. The molecule has 0 saturated carbocycles. The number of phosphoric acid groups is 1. The number of esters is 2. The Morgan fingerprint density at radius 3 is 1.67 bits per heavy atom. The fraction of sp³-hybridized carbons (Fsp3) is 0.640. The number of carbonyl (C=O) groups excluding carboxylic acids is 2. The van der Waals surface area contributed by atoms with Crippen LogP contribution in [-0.2, 0) is 37.4 Å². The number of ether oxygens (including phenoxy) is 3. The van der Waals surface area contributed by atoms with Crippen molar-refractivity contribution in [2.75, 3.05) is 47.5 Å². The molecule has 0 aromatic heterocycles. The average molecular weight is 872 g/mol. The van der Waals surface area contributed by atoms with E-state index < -0.39 is 32.5 Å². The molecule has 10 nitrogen and oxygen atoms in total. The molecule has 0 aliphatic carbocycles. The highest BCUT2D eigenvalue weighted by molar-refractivity contribution is 7.45. The van der Waals surface area contributed by atoms with Crippen molar-refractivity contribution in [1.29, 1.82) is 0 Å². The molecular formula is C50H82NO9P. The molecule has 0 amide bonds. The fourth-order valence-corrected chi connectivity index (χ4v) is 6.51. The SMILES string of the molecule is CC/C=C\CC1OC1C/C=C\C/C=C\C/C=C\C/C=C\CCC(=O)O[C@H](COC(=O)CCCCCC/C=C\C/C=C\C/C=C\CCCCC)COP(=O)([O-])OCC[N+](C)(C)C. The zero-order valence-corrected chi connectivity index (χ0v) is 39.4. The van der Waals surface area contributed by atoms with Gasteiger partial charge in [-0.05, 0) is 89.9 Å². The second kappa shape index (κ2) is 37.4. The number of likely N-dealkylation sites (N-methyl/N-ethyl adjacent to an activating group) is 1. The number of phosphoric ester groups is 1. The van der Waals surface area contributed by atoms with Crippen molar-refractivity contribution >= 4 is 19.8 Å². The van der Waals surface area contributed by atoms with Crippen molar-refractivity contribution in [3.8, 4) is 0 Å². The fourth-order valence-electron chi connectivity index (χ4n) is 5.79. The molecule has 0 spiro atoms. The Balaban J connectivity index is 2.34. The van der Waals surface area contributed by atoms with Crippen LogP contribution in [0.2, 0.25) is 0 Å². The van der Waals surface area contributed by atoms with E-state index in [1.165, 1.54) is 25.7 Å². The Morgan fingerprint density at radius 2 is 1.11 bits per heavy atom. The topological polar surface area (TPSA) is 124 Å². The third-order valence-electron chi connectivity index (χ3n) is 9.50. The van der Waals surface area contributed by atoms with Crippen LogP contribution in [-0.4, -0.2) is 82.2 Å². The largest absolute Gasteiger partial charge is 0.756 e. The van der Waals surface area contributed by atoms with E-state index in [1.54, 1.807) is 0 Å². The Bertz CT molecular complexity index is 1420. The first-order valence-corrected chi connectivity index (χ1v) is 24.5. The number of nitrogens with zero attached hydrogens (tertiary/aromatic N) is 1. The van der Waals surface area contributed by atoms with Crippen LogP contribution in [0.4, 0.5) is 0 Å². The van der Waals surface area contributed by atoms with Gasteiger partial charge >= 0.3 is 11.9 Å². The standard InChI is InChI=1S/C50H82NO9P/c1-6-8-10-11-12-13-14-15-16-17-18-19-23-26-29-32-36-40-49(52)56-44-46(45-58-61(54,55)57-43-42-51(3,4)5)59-50(53)41-37-33-30-27-24-21-20-22-25-28-31-35-39-48-47(60-48)38-34-9-7-2/h9,12-13,15-16,18-19,21-22,24-25,30-31,33-35,46-48H,6-8,10-11,14,17,20,23,26-29,32,36-45H2,1-5H3/b13-12-,16-15-,19-18-,24-21-,25-22-,33-30-,34-9-,35-31-/t46-,47?,48?/m1/s1. The van der Waals surface area contributed by atoms with Crippen LogP contribution in [0.25, 0.3) is 0 Å². The summed E-state index contributed by atoms with van der Waals surface area (Å²) in [7, 11) is 1.08. The van der Waals surface area contributed by atoms with Gasteiger partial charge in [0.1, 0.15) is 19.8 Å². The first kappa shape index (κ1) is 55.9. The zero-order valence-electron chi connectivity index (χ0n) is 38.5. The zero-order chi connectivity index (χ0) is 44.7. The highest BCUT2D eigenvalue weighted by Gasteiger charge is 2.36. The van der Waals surface area contributed by atoms with Gasteiger partial charge in [-0.3, -0.25) is 14.2 Å². The van der Waals surface area contributed by atoms with Gasteiger partial charge in [-0.15, -0.1) is 0 Å². The summed E-state index contributed by atoms with van der Waals surface area (Å²) in [6, 6.07) is 0. The minimum absolute atomic E-state index is 0.0559. The minimum Gasteiger partial charge on any atom is -0.756 e. The van der Waals surface area contributed by atoms with Crippen molar-refractivity contribution in [3.63, 3.8) is 0 Å². The van der Waals surface area contributed by atoms with E-state index in [-0.39, 0.29) is 26.1 Å². The number of unbranched alkanes of at least 4 members (excludes halogenated alkanes) is 7. The maximum Gasteiger partial charge on any atom is 0.306 e. The van der Waals surface area contributed by atoms with E-state index in [9.17, 15) is 19.0 Å². The van der Waals surface area contributed by atoms with Crippen LogP contribution in [0.5, 0.6) is 0 Å². The van der Waals surface area contributed by atoms with Crippen LogP contribution >= 0.6 is 7.82 Å². The Morgan fingerprint density at radius 1 is 0.607 bits per heavy atom. The van der Waals surface area contributed by atoms with Crippen molar-refractivity contribution in [1.82, 2.24) is 0 Å². The minimum atomic E-state index is -4.66. The first-order chi connectivity index (χ1) is 29.5. The van der Waals surface area contributed by atoms with Gasteiger partial charge in [0.2, 0.25) is 0 Å². The van der Waals surface area contributed by atoms with Gasteiger partial charge in [0, 0.05) is 12.8 Å². The molecule has 346 valence electrons. The Labute approximate surface area is 370 Å². The average Bonchev–Trinajstić information content (AvgIpc) is 3.97. The molecule has 1 aliphatic heterocycles. The summed E-state index contributed by atoms with van der Waals surface area (Å²) in [5.74, 6) is -0.972. The lowest BCUT2D eigenvalue weighted by atomic mass is 10.1. The summed E-state index contributed by atoms with van der Waals surface area (Å²) in [5.41, 5.74) is 0. The summed E-state index contributed by atoms with van der Waals surface area (Å²) in [6.45, 7) is 3.94. The maximum atomic E-state index is 12.7. The van der Waals surface area contributed by atoms with E-state index in [0.717, 1.165) is 77.0 Å². The van der Waals surface area contributed by atoms with Crippen molar-refractivity contribution < 1.29 is 46.8 Å². The molecule has 61 heavy (non-hydrogen) atoms. The molecule has 1 fully saturated rings. The molecule has 0 bridgehead atoms. The van der Waals surface area contributed by atoms with Crippen LogP contribution < -0.4 is 4.89 Å². The lowest BCUT2D eigenvalue weighted by molar-refractivity contribution is -0.870. The van der Waals surface area contributed by atoms with E-state index >= 15 is 0 Å². The van der Waals surface area contributed by atoms with Gasteiger partial charge in [0.25, 0.3) is 7.82 Å². The third-order valence-corrected chi connectivity index (χ3v) is 10.5. The summed E-state index contributed by atoms with van der Waals surface area (Å²) in [4.78, 5) is 37.6. The molecule has 0 radical (unpaired) electrons. The molecule has 1 saturated heterocycles. The molecule has 0 aromatic carbocycles. The van der Waals surface area contributed by atoms with E-state index in [1.807, 2.05) is 33.3 Å². The molecule has 1 rings (SSSR count). The van der Waals surface area contributed by atoms with E-state index in [2.05, 4.69) is 98.9 Å². The highest BCUT2D eigenvalue weighted by atomic mass is 31.2. The molecule has 0 N–H and O–H groups in total. The summed E-state index contributed by atoms with van der Waals surface area (Å²) in [6.07, 6.45) is 52.0. The number of rotatable bonds is 39. The van der Waals surface area contributed by atoms with Crippen LogP contribution in [0.15, 0.2) is 97.2 Å². The highest BCUT2D eigenvalue weighted by Crippen LogP contribution is 2.38. The quantitative estimate of drug-likeness (QED) is 0.0148. The van der Waals surface area contributed by atoms with Gasteiger partial charge in [-0.1, -0.05) is 137 Å². The molecule has 1 aliphatic rings. The number of hydrogen-bond donors (Lipinski definition) is 0. The normalized spacial score (nSPS) is 17.7. The van der Waals surface area contributed by atoms with Crippen molar-refractivity contribution in [2.24, 2.45) is 0 Å². The molecule has 3 unspecified atom stereocenters. The van der Waals surface area contributed by atoms with Crippen LogP contribution in [0.3, 0.4) is 0 Å². The smallest absolute Gasteiger partial charge is 0.306 e.